The number of likely N-dealkylation sites (tertiary alicyclic amines) is 1. The number of halogens is 2. The van der Waals surface area contributed by atoms with Crippen molar-refractivity contribution in [3.05, 3.63) is 69.7 Å². The fraction of sp³-hybridized carbons (Fsp3) is 0.531. The van der Waals surface area contributed by atoms with Crippen molar-refractivity contribution < 1.29 is 19.5 Å². The number of carbonyl (C=O) groups is 3. The Hall–Kier alpha value is -2.61. The lowest BCUT2D eigenvalue weighted by atomic mass is 9.67. The molecule has 1 aliphatic carbocycles. The first kappa shape index (κ1) is 29.9. The average molecular weight is 601 g/mol. The van der Waals surface area contributed by atoms with Gasteiger partial charge in [0.1, 0.15) is 0 Å². The predicted molar refractivity (Wildman–Crippen MR) is 160 cm³/mol. The number of amides is 2. The molecular formula is C32H39Cl2N3O4. The van der Waals surface area contributed by atoms with E-state index in [4.69, 9.17) is 23.2 Å². The third-order valence-corrected chi connectivity index (χ3v) is 9.56. The largest absolute Gasteiger partial charge is 0.481 e. The second kappa shape index (κ2) is 12.3. The number of piperazine rings is 1. The number of piperidine rings is 1. The second-order valence-electron chi connectivity index (χ2n) is 12.2. The summed E-state index contributed by atoms with van der Waals surface area (Å²) in [6.45, 7) is 7.44. The molecule has 7 nitrogen and oxygen atoms in total. The summed E-state index contributed by atoms with van der Waals surface area (Å²) in [5.41, 5.74) is 0.863. The number of benzene rings is 2. The number of carbonyl (C=O) groups excluding carboxylic acids is 2. The summed E-state index contributed by atoms with van der Waals surface area (Å²) in [6, 6.07) is 14.9. The third-order valence-electron chi connectivity index (χ3n) is 9.08. The van der Waals surface area contributed by atoms with E-state index in [1.54, 1.807) is 6.92 Å². The Bertz CT molecular complexity index is 1280. The zero-order valence-corrected chi connectivity index (χ0v) is 25.3. The lowest BCUT2D eigenvalue weighted by Gasteiger charge is -2.52. The van der Waals surface area contributed by atoms with Gasteiger partial charge < -0.3 is 14.9 Å². The van der Waals surface area contributed by atoms with Gasteiger partial charge in [0.05, 0.1) is 17.9 Å². The molecule has 2 aliphatic heterocycles. The molecule has 2 saturated heterocycles. The van der Waals surface area contributed by atoms with Gasteiger partial charge in [-0.15, -0.1) is 0 Å². The van der Waals surface area contributed by atoms with E-state index in [1.807, 2.05) is 58.3 Å². The number of rotatable bonds is 9. The highest BCUT2D eigenvalue weighted by molar-refractivity contribution is 6.30. The summed E-state index contributed by atoms with van der Waals surface area (Å²) in [5.74, 6) is -0.794. The molecule has 0 aromatic heterocycles. The van der Waals surface area contributed by atoms with E-state index in [0.29, 0.717) is 42.5 Å². The molecule has 3 aliphatic rings. The normalized spacial score (nSPS) is 26.2. The van der Waals surface area contributed by atoms with E-state index in [0.717, 1.165) is 37.1 Å². The molecule has 2 heterocycles. The zero-order chi connectivity index (χ0) is 29.3. The molecule has 9 heteroatoms. The quantitative estimate of drug-likeness (QED) is 0.390. The SMILES string of the molecule is CCC(CN1CCN(C(=O)C2CC2)CC1)N1C(=O)C(C)(CC(=O)O)CC(c2cccc(Cl)c2)C1c1ccc(Cl)cc1. The molecule has 0 radical (unpaired) electrons. The van der Waals surface area contributed by atoms with E-state index in [1.165, 1.54) is 0 Å². The van der Waals surface area contributed by atoms with Crippen LogP contribution in [0.2, 0.25) is 10.0 Å². The van der Waals surface area contributed by atoms with Crippen LogP contribution < -0.4 is 0 Å². The fourth-order valence-corrected chi connectivity index (χ4v) is 7.06. The van der Waals surface area contributed by atoms with Crippen LogP contribution in [0, 0.1) is 11.3 Å². The first-order valence-corrected chi connectivity index (χ1v) is 15.4. The molecule has 1 N–H and O–H groups in total. The number of nitrogens with zero attached hydrogens (tertiary/aromatic N) is 3. The zero-order valence-electron chi connectivity index (χ0n) is 23.8. The number of carboxylic acid groups (broad SMARTS) is 1. The van der Waals surface area contributed by atoms with Crippen LogP contribution in [0.1, 0.15) is 69.0 Å². The highest BCUT2D eigenvalue weighted by atomic mass is 35.5. The van der Waals surface area contributed by atoms with Crippen LogP contribution in [0.3, 0.4) is 0 Å². The molecule has 41 heavy (non-hydrogen) atoms. The molecule has 5 rings (SSSR count). The smallest absolute Gasteiger partial charge is 0.304 e. The van der Waals surface area contributed by atoms with Crippen molar-refractivity contribution in [2.45, 2.75) is 64.0 Å². The van der Waals surface area contributed by atoms with Gasteiger partial charge in [-0.3, -0.25) is 19.3 Å². The molecule has 4 unspecified atom stereocenters. The lowest BCUT2D eigenvalue weighted by molar-refractivity contribution is -0.161. The Labute approximate surface area is 252 Å². The first-order chi connectivity index (χ1) is 19.6. The van der Waals surface area contributed by atoms with Crippen LogP contribution in [-0.2, 0) is 14.4 Å². The molecule has 1 saturated carbocycles. The Balaban J connectivity index is 1.50. The van der Waals surface area contributed by atoms with Crippen LogP contribution in [0.4, 0.5) is 0 Å². The van der Waals surface area contributed by atoms with Crippen LogP contribution in [0.15, 0.2) is 48.5 Å². The number of hydrogen-bond donors (Lipinski definition) is 1. The molecule has 2 aromatic carbocycles. The van der Waals surface area contributed by atoms with E-state index in [9.17, 15) is 19.5 Å². The minimum absolute atomic E-state index is 0.132. The number of hydrogen-bond acceptors (Lipinski definition) is 4. The van der Waals surface area contributed by atoms with Gasteiger partial charge in [-0.05, 0) is 61.1 Å². The summed E-state index contributed by atoms with van der Waals surface area (Å²) in [4.78, 5) is 45.4. The van der Waals surface area contributed by atoms with Gasteiger partial charge in [0, 0.05) is 60.6 Å². The van der Waals surface area contributed by atoms with Gasteiger partial charge in [-0.2, -0.15) is 0 Å². The maximum absolute atomic E-state index is 14.5. The fourth-order valence-electron chi connectivity index (χ4n) is 6.73. The number of aliphatic carboxylic acids is 1. The van der Waals surface area contributed by atoms with Gasteiger partial charge in [0.25, 0.3) is 0 Å². The third kappa shape index (κ3) is 6.58. The lowest BCUT2D eigenvalue weighted by Crippen LogP contribution is -2.59. The summed E-state index contributed by atoms with van der Waals surface area (Å²) in [5, 5.41) is 11.1. The minimum Gasteiger partial charge on any atom is -0.481 e. The molecule has 4 atom stereocenters. The molecule has 3 fully saturated rings. The van der Waals surface area contributed by atoms with Crippen molar-refractivity contribution in [1.82, 2.24) is 14.7 Å². The Morgan fingerprint density at radius 1 is 1.00 bits per heavy atom. The van der Waals surface area contributed by atoms with E-state index >= 15 is 0 Å². The van der Waals surface area contributed by atoms with Gasteiger partial charge >= 0.3 is 5.97 Å². The van der Waals surface area contributed by atoms with Crippen molar-refractivity contribution in [2.75, 3.05) is 32.7 Å². The summed E-state index contributed by atoms with van der Waals surface area (Å²) in [7, 11) is 0. The molecule has 2 amide bonds. The second-order valence-corrected chi connectivity index (χ2v) is 13.0. The minimum atomic E-state index is -1.08. The standard InChI is InChI=1S/C32H39Cl2N3O4/c1-3-26(20-35-13-15-36(16-14-35)30(40)22-7-8-22)37-29(21-9-11-24(33)12-10-21)27(23-5-4-6-25(34)17-23)18-32(2,31(37)41)19-28(38)39/h4-6,9-12,17,22,26-27,29H,3,7-8,13-16,18-20H2,1-2H3,(H,38,39). The van der Waals surface area contributed by atoms with Crippen LogP contribution >= 0.6 is 23.2 Å². The molecule has 0 bridgehead atoms. The highest BCUT2D eigenvalue weighted by Gasteiger charge is 2.52. The van der Waals surface area contributed by atoms with Crippen molar-refractivity contribution in [3.63, 3.8) is 0 Å². The van der Waals surface area contributed by atoms with Crippen molar-refractivity contribution >= 4 is 41.0 Å². The van der Waals surface area contributed by atoms with Gasteiger partial charge in [-0.25, -0.2) is 0 Å². The molecule has 220 valence electrons. The van der Waals surface area contributed by atoms with Crippen molar-refractivity contribution in [1.29, 1.82) is 0 Å². The van der Waals surface area contributed by atoms with Gasteiger partial charge in [0.15, 0.2) is 0 Å². The van der Waals surface area contributed by atoms with Gasteiger partial charge in [-0.1, -0.05) is 61.3 Å². The van der Waals surface area contributed by atoms with Crippen molar-refractivity contribution in [3.8, 4) is 0 Å². The predicted octanol–water partition coefficient (Wildman–Crippen LogP) is 5.86. The summed E-state index contributed by atoms with van der Waals surface area (Å²) >= 11 is 12.7. The van der Waals surface area contributed by atoms with Crippen LogP contribution in [0.25, 0.3) is 0 Å². The van der Waals surface area contributed by atoms with Crippen LogP contribution in [0.5, 0.6) is 0 Å². The molecule has 2 aromatic rings. The maximum atomic E-state index is 14.5. The molecule has 0 spiro atoms. The monoisotopic (exact) mass is 599 g/mol. The topological polar surface area (TPSA) is 81.2 Å². The van der Waals surface area contributed by atoms with Gasteiger partial charge in [0.2, 0.25) is 11.8 Å². The van der Waals surface area contributed by atoms with E-state index in [2.05, 4.69) is 11.8 Å². The Kier molecular flexibility index (Phi) is 8.98. The molecular weight excluding hydrogens is 561 g/mol. The highest BCUT2D eigenvalue weighted by Crippen LogP contribution is 2.52. The summed E-state index contributed by atoms with van der Waals surface area (Å²) in [6.07, 6.45) is 2.86. The van der Waals surface area contributed by atoms with E-state index in [-0.39, 0.29) is 42.2 Å². The Morgan fingerprint density at radius 2 is 1.68 bits per heavy atom. The summed E-state index contributed by atoms with van der Waals surface area (Å²) < 4.78 is 0. The van der Waals surface area contributed by atoms with Crippen LogP contribution in [-0.4, -0.2) is 76.4 Å². The maximum Gasteiger partial charge on any atom is 0.304 e. The Morgan fingerprint density at radius 3 is 2.27 bits per heavy atom. The number of carboxylic acids is 1. The van der Waals surface area contributed by atoms with Crippen molar-refractivity contribution in [2.24, 2.45) is 11.3 Å². The first-order valence-electron chi connectivity index (χ1n) is 14.7. The average Bonchev–Trinajstić information content (AvgIpc) is 3.79. The van der Waals surface area contributed by atoms with E-state index < -0.39 is 11.4 Å².